The van der Waals surface area contributed by atoms with Gasteiger partial charge in [0.2, 0.25) is 0 Å². The maximum atomic E-state index is 10.0. The van der Waals surface area contributed by atoms with Crippen LogP contribution < -0.4 is 0 Å². The number of aliphatic carboxylic acids is 1. The van der Waals surface area contributed by atoms with Crippen LogP contribution in [0.25, 0.3) is 0 Å². The molecule has 3 heteroatoms. The Bertz CT molecular complexity index is 132. The summed E-state index contributed by atoms with van der Waals surface area (Å²) in [6, 6.07) is 0. The maximum absolute atomic E-state index is 10.0. The third kappa shape index (κ3) is 5.82. The van der Waals surface area contributed by atoms with Gasteiger partial charge in [-0.25, -0.2) is 0 Å². The summed E-state index contributed by atoms with van der Waals surface area (Å²) in [7, 11) is 0. The number of hydrogen-bond acceptors (Lipinski definition) is 1. The van der Waals surface area contributed by atoms with E-state index in [2.05, 4.69) is 22.5 Å². The van der Waals surface area contributed by atoms with Gasteiger partial charge in [-0.2, -0.15) is 0 Å². The second kappa shape index (κ2) is 5.47. The van der Waals surface area contributed by atoms with Gasteiger partial charge in [0, 0.05) is 11.8 Å². The first kappa shape index (κ1) is 9.69. The van der Waals surface area contributed by atoms with Gasteiger partial charge in [-0.3, -0.25) is 4.79 Å². The molecule has 0 fully saturated rings. The van der Waals surface area contributed by atoms with Crippen molar-refractivity contribution in [1.82, 2.24) is 0 Å². The Morgan fingerprint density at radius 2 is 2.10 bits per heavy atom. The Balaban J connectivity index is 3.20. The fraction of sp³-hybridized carbons (Fsp3) is 0.571. The predicted octanol–water partition coefficient (Wildman–Crippen LogP) is 2.19. The van der Waals surface area contributed by atoms with Gasteiger partial charge >= 0.3 is 5.97 Å². The van der Waals surface area contributed by atoms with Crippen LogP contribution >= 0.6 is 15.9 Å². The Hall–Kier alpha value is -0.310. The highest BCUT2D eigenvalue weighted by Gasteiger charge is 1.97. The summed E-state index contributed by atoms with van der Waals surface area (Å²) in [5, 5.41) is 9.03. The maximum Gasteiger partial charge on any atom is 0.303 e. The van der Waals surface area contributed by atoms with Crippen molar-refractivity contribution < 1.29 is 9.90 Å². The molecule has 1 N–H and O–H groups in total. The highest BCUT2D eigenvalue weighted by molar-refractivity contribution is 9.09. The summed E-state index contributed by atoms with van der Waals surface area (Å²) in [5.41, 5.74) is 1.06. The standard InChI is InChI=1S/C7H11BrO2/c1-6(5-8)3-2-4-7(9)10/h1-5H2,(H,9,10). The topological polar surface area (TPSA) is 37.3 Å². The van der Waals surface area contributed by atoms with Gasteiger partial charge in [-0.15, -0.1) is 0 Å². The number of carboxylic acids is 1. The third-order valence-electron chi connectivity index (χ3n) is 1.11. The second-order valence-electron chi connectivity index (χ2n) is 2.13. The van der Waals surface area contributed by atoms with Gasteiger partial charge in [-0.1, -0.05) is 28.1 Å². The molecule has 0 aromatic heterocycles. The molecule has 2 nitrogen and oxygen atoms in total. The largest absolute Gasteiger partial charge is 0.481 e. The lowest BCUT2D eigenvalue weighted by atomic mass is 10.1. The highest BCUT2D eigenvalue weighted by atomic mass is 79.9. The van der Waals surface area contributed by atoms with Gasteiger partial charge in [-0.05, 0) is 12.8 Å². The average molecular weight is 207 g/mol. The molecule has 0 aliphatic rings. The Morgan fingerprint density at radius 3 is 2.50 bits per heavy atom. The molecule has 0 bridgehead atoms. The number of carbonyl (C=O) groups is 1. The minimum absolute atomic E-state index is 0.242. The fourth-order valence-corrected chi connectivity index (χ4v) is 0.837. The first-order chi connectivity index (χ1) is 4.66. The molecule has 0 aromatic rings. The van der Waals surface area contributed by atoms with Crippen LogP contribution in [-0.2, 0) is 4.79 Å². The Labute approximate surface area is 69.1 Å². The molecule has 0 aliphatic heterocycles. The van der Waals surface area contributed by atoms with Crippen molar-refractivity contribution in [2.24, 2.45) is 0 Å². The van der Waals surface area contributed by atoms with Crippen LogP contribution in [0.15, 0.2) is 12.2 Å². The van der Waals surface area contributed by atoms with Crippen molar-refractivity contribution in [2.45, 2.75) is 19.3 Å². The Morgan fingerprint density at radius 1 is 1.50 bits per heavy atom. The molecule has 10 heavy (non-hydrogen) atoms. The van der Waals surface area contributed by atoms with Gasteiger partial charge in [0.15, 0.2) is 0 Å². The van der Waals surface area contributed by atoms with E-state index in [4.69, 9.17) is 5.11 Å². The minimum Gasteiger partial charge on any atom is -0.481 e. The SMILES string of the molecule is C=C(CBr)CCCC(=O)O. The van der Waals surface area contributed by atoms with Crippen LogP contribution in [0.3, 0.4) is 0 Å². The summed E-state index contributed by atoms with van der Waals surface area (Å²) < 4.78 is 0. The van der Waals surface area contributed by atoms with Crippen molar-refractivity contribution in [3.05, 3.63) is 12.2 Å². The lowest BCUT2D eigenvalue weighted by Gasteiger charge is -1.97. The van der Waals surface area contributed by atoms with Crippen molar-refractivity contribution >= 4 is 21.9 Å². The van der Waals surface area contributed by atoms with Crippen LogP contribution in [-0.4, -0.2) is 16.4 Å². The lowest BCUT2D eigenvalue weighted by molar-refractivity contribution is -0.137. The van der Waals surface area contributed by atoms with Gasteiger partial charge < -0.3 is 5.11 Å². The molecular formula is C7H11BrO2. The first-order valence-electron chi connectivity index (χ1n) is 3.11. The third-order valence-corrected chi connectivity index (χ3v) is 1.90. The summed E-state index contributed by atoms with van der Waals surface area (Å²) in [4.78, 5) is 10.0. The normalized spacial score (nSPS) is 9.30. The number of carboxylic acid groups (broad SMARTS) is 1. The van der Waals surface area contributed by atoms with Crippen LogP contribution in [0.4, 0.5) is 0 Å². The molecule has 0 rings (SSSR count). The fourth-order valence-electron chi connectivity index (χ4n) is 0.556. The number of rotatable bonds is 5. The summed E-state index contributed by atoms with van der Waals surface area (Å²) in [6.45, 7) is 3.73. The van der Waals surface area contributed by atoms with E-state index in [0.29, 0.717) is 6.42 Å². The highest BCUT2D eigenvalue weighted by Crippen LogP contribution is 2.07. The van der Waals surface area contributed by atoms with E-state index >= 15 is 0 Å². The average Bonchev–Trinajstić information content (AvgIpc) is 1.87. The van der Waals surface area contributed by atoms with E-state index in [1.54, 1.807) is 0 Å². The van der Waals surface area contributed by atoms with Crippen molar-refractivity contribution in [3.63, 3.8) is 0 Å². The predicted molar refractivity (Wildman–Crippen MR) is 44.4 cm³/mol. The van der Waals surface area contributed by atoms with Crippen molar-refractivity contribution in [2.75, 3.05) is 5.33 Å². The minimum atomic E-state index is -0.734. The quantitative estimate of drug-likeness (QED) is 0.554. The van der Waals surface area contributed by atoms with Crippen molar-refractivity contribution in [3.8, 4) is 0 Å². The molecule has 0 aliphatic carbocycles. The number of alkyl halides is 1. The summed E-state index contributed by atoms with van der Waals surface area (Å²) in [6.07, 6.45) is 1.74. The molecule has 0 heterocycles. The number of halogens is 1. The molecular weight excluding hydrogens is 196 g/mol. The molecule has 0 atom stereocenters. The monoisotopic (exact) mass is 206 g/mol. The molecule has 0 saturated heterocycles. The van der Waals surface area contributed by atoms with Gasteiger partial charge in [0.05, 0.1) is 0 Å². The van der Waals surface area contributed by atoms with Crippen LogP contribution in [0.5, 0.6) is 0 Å². The molecule has 0 unspecified atom stereocenters. The van der Waals surface area contributed by atoms with E-state index in [9.17, 15) is 4.79 Å². The smallest absolute Gasteiger partial charge is 0.303 e. The Kier molecular flexibility index (Phi) is 5.30. The molecule has 0 saturated carbocycles. The molecule has 0 spiro atoms. The van der Waals surface area contributed by atoms with Gasteiger partial charge in [0.1, 0.15) is 0 Å². The molecule has 58 valence electrons. The van der Waals surface area contributed by atoms with Crippen LogP contribution in [0.2, 0.25) is 0 Å². The van der Waals surface area contributed by atoms with E-state index in [-0.39, 0.29) is 6.42 Å². The zero-order chi connectivity index (χ0) is 7.98. The lowest BCUT2D eigenvalue weighted by Crippen LogP contribution is -1.94. The number of allylic oxidation sites excluding steroid dienone is 1. The van der Waals surface area contributed by atoms with E-state index < -0.39 is 5.97 Å². The number of hydrogen-bond donors (Lipinski definition) is 1. The first-order valence-corrected chi connectivity index (χ1v) is 4.23. The van der Waals surface area contributed by atoms with Crippen LogP contribution in [0.1, 0.15) is 19.3 Å². The second-order valence-corrected chi connectivity index (χ2v) is 2.69. The zero-order valence-electron chi connectivity index (χ0n) is 5.77. The van der Waals surface area contributed by atoms with Crippen molar-refractivity contribution in [1.29, 1.82) is 0 Å². The van der Waals surface area contributed by atoms with E-state index in [0.717, 1.165) is 17.3 Å². The van der Waals surface area contributed by atoms with E-state index in [1.165, 1.54) is 0 Å². The zero-order valence-corrected chi connectivity index (χ0v) is 7.35. The van der Waals surface area contributed by atoms with Gasteiger partial charge in [0.25, 0.3) is 0 Å². The molecule has 0 aromatic carbocycles. The molecule has 0 radical (unpaired) electrons. The summed E-state index contributed by atoms with van der Waals surface area (Å²) >= 11 is 3.24. The van der Waals surface area contributed by atoms with E-state index in [1.807, 2.05) is 0 Å². The summed E-state index contributed by atoms with van der Waals surface area (Å²) in [5.74, 6) is -0.734. The molecule has 0 amide bonds. The van der Waals surface area contributed by atoms with Crippen LogP contribution in [0, 0.1) is 0 Å².